The van der Waals surface area contributed by atoms with E-state index in [1.165, 1.54) is 0 Å². The van der Waals surface area contributed by atoms with E-state index in [1.807, 2.05) is 24.3 Å². The summed E-state index contributed by atoms with van der Waals surface area (Å²) in [5, 5.41) is 12.8. The summed E-state index contributed by atoms with van der Waals surface area (Å²) in [4.78, 5) is 2.36. The maximum absolute atomic E-state index is 9.44. The second-order valence-corrected chi connectivity index (χ2v) is 5.18. The Balaban J connectivity index is 2.44. The number of hydrogen-bond acceptors (Lipinski definition) is 3. The predicted molar refractivity (Wildman–Crippen MR) is 79.8 cm³/mol. The zero-order valence-corrected chi connectivity index (χ0v) is 12.8. The van der Waals surface area contributed by atoms with Crippen molar-refractivity contribution in [1.29, 1.82) is 0 Å². The molecule has 0 saturated heterocycles. The van der Waals surface area contributed by atoms with Gasteiger partial charge in [0.25, 0.3) is 0 Å². The Hall–Kier alpha value is -0.420. The number of aliphatic hydroxyl groups excluding tert-OH is 1. The third-order valence-corrected chi connectivity index (χ3v) is 3.70. The van der Waals surface area contributed by atoms with Crippen molar-refractivity contribution in [2.45, 2.75) is 19.9 Å². The zero-order valence-electron chi connectivity index (χ0n) is 11.2. The fourth-order valence-corrected chi connectivity index (χ4v) is 2.18. The molecule has 1 aromatic rings. The van der Waals surface area contributed by atoms with Crippen LogP contribution in [0.25, 0.3) is 0 Å². The molecule has 0 amide bonds. The predicted octanol–water partition coefficient (Wildman–Crippen LogP) is 2.41. The van der Waals surface area contributed by atoms with Crippen molar-refractivity contribution in [2.24, 2.45) is 0 Å². The van der Waals surface area contributed by atoms with Crippen molar-refractivity contribution < 1.29 is 5.11 Å². The second-order valence-electron chi connectivity index (χ2n) is 4.27. The highest BCUT2D eigenvalue weighted by atomic mass is 79.9. The molecule has 4 heteroatoms. The van der Waals surface area contributed by atoms with E-state index >= 15 is 0 Å². The van der Waals surface area contributed by atoms with Crippen LogP contribution in [0.4, 0.5) is 0 Å². The average Bonchev–Trinajstić information content (AvgIpc) is 2.41. The number of rotatable bonds is 8. The fourth-order valence-electron chi connectivity index (χ4n) is 1.92. The molecule has 0 aliphatic heterocycles. The molecule has 1 atom stereocenters. The molecule has 102 valence electrons. The van der Waals surface area contributed by atoms with Gasteiger partial charge in [0.1, 0.15) is 0 Å². The van der Waals surface area contributed by atoms with E-state index in [2.05, 4.69) is 40.0 Å². The van der Waals surface area contributed by atoms with Gasteiger partial charge in [0.05, 0.1) is 12.6 Å². The smallest absolute Gasteiger partial charge is 0.0626 e. The summed E-state index contributed by atoms with van der Waals surface area (Å²) < 4.78 is 1.06. The van der Waals surface area contributed by atoms with Crippen LogP contribution in [-0.2, 0) is 0 Å². The molecule has 1 rings (SSSR count). The molecule has 0 spiro atoms. The molecule has 3 nitrogen and oxygen atoms in total. The van der Waals surface area contributed by atoms with Crippen molar-refractivity contribution in [3.63, 3.8) is 0 Å². The molecule has 0 aliphatic rings. The first-order chi connectivity index (χ1) is 8.71. The van der Waals surface area contributed by atoms with Gasteiger partial charge in [0, 0.05) is 17.6 Å². The van der Waals surface area contributed by atoms with Crippen LogP contribution in [0.15, 0.2) is 28.7 Å². The summed E-state index contributed by atoms with van der Waals surface area (Å²) in [5.74, 6) is 0. The first kappa shape index (κ1) is 15.6. The van der Waals surface area contributed by atoms with Gasteiger partial charge < -0.3 is 15.3 Å². The normalized spacial score (nSPS) is 12.9. The quantitative estimate of drug-likeness (QED) is 0.773. The number of aliphatic hydroxyl groups is 1. The molecule has 18 heavy (non-hydrogen) atoms. The lowest BCUT2D eigenvalue weighted by atomic mass is 10.1. The third-order valence-electron chi connectivity index (χ3n) is 3.17. The first-order valence-electron chi connectivity index (χ1n) is 6.53. The van der Waals surface area contributed by atoms with Crippen LogP contribution in [0.1, 0.15) is 25.5 Å². The topological polar surface area (TPSA) is 35.5 Å². The van der Waals surface area contributed by atoms with Crippen molar-refractivity contribution in [3.8, 4) is 0 Å². The minimum Gasteiger partial charge on any atom is -0.394 e. The zero-order chi connectivity index (χ0) is 13.4. The molecule has 0 fully saturated rings. The molecule has 0 aliphatic carbocycles. The largest absolute Gasteiger partial charge is 0.394 e. The summed E-state index contributed by atoms with van der Waals surface area (Å²) in [7, 11) is 0. The number of likely N-dealkylation sites (N-methyl/N-ethyl adjacent to an activating group) is 1. The Labute approximate surface area is 118 Å². The molecule has 0 aromatic heterocycles. The maximum Gasteiger partial charge on any atom is 0.0626 e. The van der Waals surface area contributed by atoms with Gasteiger partial charge in [-0.3, -0.25) is 0 Å². The Bertz CT molecular complexity index is 325. The van der Waals surface area contributed by atoms with Crippen LogP contribution in [-0.4, -0.2) is 42.8 Å². The van der Waals surface area contributed by atoms with Crippen molar-refractivity contribution in [2.75, 3.05) is 32.8 Å². The number of halogens is 1. The molecular weight excluding hydrogens is 292 g/mol. The number of hydrogen-bond donors (Lipinski definition) is 2. The average molecular weight is 315 g/mol. The fraction of sp³-hybridized carbons (Fsp3) is 0.571. The van der Waals surface area contributed by atoms with Crippen molar-refractivity contribution in [1.82, 2.24) is 10.2 Å². The van der Waals surface area contributed by atoms with Gasteiger partial charge in [-0.15, -0.1) is 0 Å². The van der Waals surface area contributed by atoms with Gasteiger partial charge in [-0.05, 0) is 30.8 Å². The number of benzene rings is 1. The lowest BCUT2D eigenvalue weighted by molar-refractivity contribution is 0.233. The third kappa shape index (κ3) is 5.06. The summed E-state index contributed by atoms with van der Waals surface area (Å²) in [5.41, 5.74) is 1.13. The van der Waals surface area contributed by atoms with E-state index in [1.54, 1.807) is 0 Å². The molecule has 0 heterocycles. The van der Waals surface area contributed by atoms with Gasteiger partial charge in [-0.1, -0.05) is 41.9 Å². The van der Waals surface area contributed by atoms with E-state index in [0.717, 1.165) is 36.2 Å². The lowest BCUT2D eigenvalue weighted by Gasteiger charge is -2.21. The van der Waals surface area contributed by atoms with Crippen LogP contribution in [0.2, 0.25) is 0 Å². The molecular formula is C14H23BrN2O. The SMILES string of the molecule is CCN(CC)CCNC(CO)c1ccc(Br)cc1. The van der Waals surface area contributed by atoms with Gasteiger partial charge in [0.2, 0.25) is 0 Å². The monoisotopic (exact) mass is 314 g/mol. The summed E-state index contributed by atoms with van der Waals surface area (Å²) in [6, 6.07) is 8.10. The number of nitrogens with zero attached hydrogens (tertiary/aromatic N) is 1. The molecule has 2 N–H and O–H groups in total. The highest BCUT2D eigenvalue weighted by Gasteiger charge is 2.09. The van der Waals surface area contributed by atoms with Crippen LogP contribution in [0.5, 0.6) is 0 Å². The first-order valence-corrected chi connectivity index (χ1v) is 7.32. The van der Waals surface area contributed by atoms with Gasteiger partial charge >= 0.3 is 0 Å². The minimum absolute atomic E-state index is 0.0219. The highest BCUT2D eigenvalue weighted by Crippen LogP contribution is 2.16. The standard InChI is InChI=1S/C14H23BrN2O/c1-3-17(4-2)10-9-16-14(11-18)12-5-7-13(15)8-6-12/h5-8,14,16,18H,3-4,9-11H2,1-2H3. The Morgan fingerprint density at radius 3 is 2.33 bits per heavy atom. The lowest BCUT2D eigenvalue weighted by Crippen LogP contribution is -2.34. The van der Waals surface area contributed by atoms with E-state index < -0.39 is 0 Å². The molecule has 0 radical (unpaired) electrons. The van der Waals surface area contributed by atoms with Crippen molar-refractivity contribution >= 4 is 15.9 Å². The second kappa shape index (κ2) is 8.64. The van der Waals surface area contributed by atoms with E-state index in [0.29, 0.717) is 0 Å². The van der Waals surface area contributed by atoms with E-state index in [9.17, 15) is 5.11 Å². The van der Waals surface area contributed by atoms with E-state index in [4.69, 9.17) is 0 Å². The molecule has 1 aromatic carbocycles. The molecule has 0 bridgehead atoms. The summed E-state index contributed by atoms with van der Waals surface area (Å²) >= 11 is 3.42. The van der Waals surface area contributed by atoms with Gasteiger partial charge in [-0.2, -0.15) is 0 Å². The maximum atomic E-state index is 9.44. The summed E-state index contributed by atoms with van der Waals surface area (Å²) in [6.45, 7) is 8.51. The summed E-state index contributed by atoms with van der Waals surface area (Å²) in [6.07, 6.45) is 0. The van der Waals surface area contributed by atoms with Crippen LogP contribution in [0, 0.1) is 0 Å². The van der Waals surface area contributed by atoms with Crippen LogP contribution < -0.4 is 5.32 Å². The highest BCUT2D eigenvalue weighted by molar-refractivity contribution is 9.10. The minimum atomic E-state index is 0.0219. The van der Waals surface area contributed by atoms with Crippen LogP contribution >= 0.6 is 15.9 Å². The molecule has 1 unspecified atom stereocenters. The van der Waals surface area contributed by atoms with Gasteiger partial charge in [0.15, 0.2) is 0 Å². The van der Waals surface area contributed by atoms with E-state index in [-0.39, 0.29) is 12.6 Å². The Morgan fingerprint density at radius 2 is 1.83 bits per heavy atom. The molecule has 0 saturated carbocycles. The number of nitrogens with one attached hydrogen (secondary N) is 1. The Morgan fingerprint density at radius 1 is 1.22 bits per heavy atom. The van der Waals surface area contributed by atoms with Crippen LogP contribution in [0.3, 0.4) is 0 Å². The Kier molecular flexibility index (Phi) is 7.51. The van der Waals surface area contributed by atoms with Gasteiger partial charge in [-0.25, -0.2) is 0 Å². The van der Waals surface area contributed by atoms with Crippen molar-refractivity contribution in [3.05, 3.63) is 34.3 Å².